The van der Waals surface area contributed by atoms with Gasteiger partial charge in [-0.25, -0.2) is 4.98 Å². The molecule has 19 heavy (non-hydrogen) atoms. The Kier molecular flexibility index (Phi) is 5.59. The van der Waals surface area contributed by atoms with Crippen molar-refractivity contribution in [3.8, 4) is 0 Å². The van der Waals surface area contributed by atoms with E-state index in [0.29, 0.717) is 5.88 Å². The number of hydrogen-bond donors (Lipinski definition) is 0. The van der Waals surface area contributed by atoms with Crippen LogP contribution < -0.4 is 0 Å². The third kappa shape index (κ3) is 3.46. The van der Waals surface area contributed by atoms with Crippen LogP contribution in [-0.2, 0) is 13.0 Å². The number of nitrogens with zero attached hydrogens (tertiary/aromatic N) is 2. The predicted molar refractivity (Wildman–Crippen MR) is 86.5 cm³/mol. The predicted octanol–water partition coefficient (Wildman–Crippen LogP) is 4.27. The van der Waals surface area contributed by atoms with Gasteiger partial charge in [-0.05, 0) is 43.4 Å². The van der Waals surface area contributed by atoms with Crippen molar-refractivity contribution in [2.75, 3.05) is 17.9 Å². The zero-order valence-electron chi connectivity index (χ0n) is 11.7. The second kappa shape index (κ2) is 7.20. The van der Waals surface area contributed by atoms with Crippen LogP contribution in [0.2, 0.25) is 0 Å². The van der Waals surface area contributed by atoms with Gasteiger partial charge >= 0.3 is 0 Å². The summed E-state index contributed by atoms with van der Waals surface area (Å²) >= 11 is 7.82. The normalized spacial score (nSPS) is 11.3. The van der Waals surface area contributed by atoms with Gasteiger partial charge in [-0.2, -0.15) is 11.8 Å². The zero-order chi connectivity index (χ0) is 13.7. The van der Waals surface area contributed by atoms with Gasteiger partial charge in [0.25, 0.3) is 0 Å². The summed E-state index contributed by atoms with van der Waals surface area (Å²) in [6.45, 7) is 3.17. The highest BCUT2D eigenvalue weighted by molar-refractivity contribution is 7.98. The molecule has 0 aliphatic heterocycles. The molecule has 0 N–H and O–H groups in total. The number of benzene rings is 1. The van der Waals surface area contributed by atoms with Crippen molar-refractivity contribution in [1.29, 1.82) is 0 Å². The Hall–Kier alpha value is -0.670. The van der Waals surface area contributed by atoms with E-state index in [1.807, 2.05) is 11.8 Å². The molecule has 0 saturated heterocycles. The van der Waals surface area contributed by atoms with Crippen molar-refractivity contribution in [2.45, 2.75) is 32.7 Å². The number of rotatable bonds is 7. The van der Waals surface area contributed by atoms with Gasteiger partial charge in [0.15, 0.2) is 0 Å². The summed E-state index contributed by atoms with van der Waals surface area (Å²) in [5.74, 6) is 2.99. The molecule has 0 saturated carbocycles. The molecule has 0 aliphatic rings. The van der Waals surface area contributed by atoms with Crippen molar-refractivity contribution in [3.05, 3.63) is 29.6 Å². The molecule has 2 aromatic rings. The highest BCUT2D eigenvalue weighted by Gasteiger charge is 2.11. The quantitative estimate of drug-likeness (QED) is 0.561. The van der Waals surface area contributed by atoms with Crippen molar-refractivity contribution in [1.82, 2.24) is 9.55 Å². The van der Waals surface area contributed by atoms with Crippen LogP contribution in [-0.4, -0.2) is 27.4 Å². The number of fused-ring (bicyclic) bond motifs is 1. The first-order valence-electron chi connectivity index (χ1n) is 6.77. The Labute approximate surface area is 124 Å². The van der Waals surface area contributed by atoms with Crippen molar-refractivity contribution < 1.29 is 0 Å². The molecule has 4 heteroatoms. The summed E-state index contributed by atoms with van der Waals surface area (Å²) in [6, 6.07) is 6.40. The number of thioether (sulfide) groups is 1. The molecule has 0 amide bonds. The first kappa shape index (κ1) is 14.7. The minimum Gasteiger partial charge on any atom is -0.328 e. The Morgan fingerprint density at radius 1 is 1.32 bits per heavy atom. The van der Waals surface area contributed by atoms with Gasteiger partial charge in [0.05, 0.1) is 11.0 Å². The van der Waals surface area contributed by atoms with Gasteiger partial charge in [0, 0.05) is 18.8 Å². The molecule has 0 spiro atoms. The van der Waals surface area contributed by atoms with E-state index in [4.69, 9.17) is 16.6 Å². The molecule has 0 fully saturated rings. The summed E-state index contributed by atoms with van der Waals surface area (Å²) < 4.78 is 2.35. The summed E-state index contributed by atoms with van der Waals surface area (Å²) in [6.07, 6.45) is 5.47. The average molecular weight is 297 g/mol. The molecule has 0 atom stereocenters. The molecule has 0 radical (unpaired) electrons. The van der Waals surface area contributed by atoms with E-state index in [-0.39, 0.29) is 0 Å². The van der Waals surface area contributed by atoms with E-state index in [0.717, 1.165) is 24.3 Å². The lowest BCUT2D eigenvalue weighted by Gasteiger charge is -2.08. The largest absolute Gasteiger partial charge is 0.328 e. The van der Waals surface area contributed by atoms with Crippen LogP contribution in [0.4, 0.5) is 0 Å². The second-order valence-corrected chi connectivity index (χ2v) is 6.12. The standard InChI is InChI=1S/C15H21ClN2S/c1-12-6-5-7-13-15(12)17-14(8-9-16)18(13)10-3-4-11-19-2/h5-7H,3-4,8-11H2,1-2H3. The third-order valence-electron chi connectivity index (χ3n) is 3.36. The summed E-state index contributed by atoms with van der Waals surface area (Å²) in [4.78, 5) is 4.77. The third-order valence-corrected chi connectivity index (χ3v) is 4.24. The first-order valence-corrected chi connectivity index (χ1v) is 8.70. The SMILES string of the molecule is CSCCCCn1c(CCCl)nc2c(C)cccc21. The highest BCUT2D eigenvalue weighted by Crippen LogP contribution is 2.21. The highest BCUT2D eigenvalue weighted by atomic mass is 35.5. The van der Waals surface area contributed by atoms with Gasteiger partial charge in [-0.1, -0.05) is 12.1 Å². The van der Waals surface area contributed by atoms with E-state index in [1.54, 1.807) is 0 Å². The molecule has 1 aromatic heterocycles. The molecule has 2 rings (SSSR count). The number of unbranched alkanes of at least 4 members (excludes halogenated alkanes) is 1. The molecule has 1 heterocycles. The van der Waals surface area contributed by atoms with E-state index in [9.17, 15) is 0 Å². The maximum absolute atomic E-state index is 5.90. The summed E-state index contributed by atoms with van der Waals surface area (Å²) in [5.41, 5.74) is 3.63. The van der Waals surface area contributed by atoms with E-state index < -0.39 is 0 Å². The number of hydrogen-bond acceptors (Lipinski definition) is 2. The maximum atomic E-state index is 5.90. The van der Waals surface area contributed by atoms with Crippen LogP contribution in [0.25, 0.3) is 11.0 Å². The minimum atomic E-state index is 0.632. The monoisotopic (exact) mass is 296 g/mol. The fourth-order valence-electron chi connectivity index (χ4n) is 2.38. The second-order valence-electron chi connectivity index (χ2n) is 4.76. The van der Waals surface area contributed by atoms with Gasteiger partial charge in [0.2, 0.25) is 0 Å². The zero-order valence-corrected chi connectivity index (χ0v) is 13.2. The fourth-order valence-corrected chi connectivity index (χ4v) is 3.04. The van der Waals surface area contributed by atoms with E-state index >= 15 is 0 Å². The minimum absolute atomic E-state index is 0.632. The smallest absolute Gasteiger partial charge is 0.111 e. The number of imidazole rings is 1. The topological polar surface area (TPSA) is 17.8 Å². The molecule has 0 bridgehead atoms. The van der Waals surface area contributed by atoms with Crippen LogP contribution in [0.15, 0.2) is 18.2 Å². The maximum Gasteiger partial charge on any atom is 0.111 e. The Morgan fingerprint density at radius 3 is 2.89 bits per heavy atom. The van der Waals surface area contributed by atoms with Crippen molar-refractivity contribution in [3.63, 3.8) is 0 Å². The van der Waals surface area contributed by atoms with Gasteiger partial charge in [-0.3, -0.25) is 0 Å². The lowest BCUT2D eigenvalue weighted by atomic mass is 10.2. The molecule has 0 aliphatic carbocycles. The van der Waals surface area contributed by atoms with Crippen LogP contribution in [0.1, 0.15) is 24.2 Å². The summed E-state index contributed by atoms with van der Waals surface area (Å²) in [5, 5.41) is 0. The van der Waals surface area contributed by atoms with Crippen molar-refractivity contribution in [2.24, 2.45) is 0 Å². The number of alkyl halides is 1. The number of aromatic nitrogens is 2. The fraction of sp³-hybridized carbons (Fsp3) is 0.533. The molecular weight excluding hydrogens is 276 g/mol. The van der Waals surface area contributed by atoms with Gasteiger partial charge in [0.1, 0.15) is 5.82 Å². The number of aryl methyl sites for hydroxylation is 3. The Morgan fingerprint density at radius 2 is 2.16 bits per heavy atom. The Bertz CT molecular complexity index is 536. The number of halogens is 1. The summed E-state index contributed by atoms with van der Waals surface area (Å²) in [7, 11) is 0. The van der Waals surface area contributed by atoms with E-state index in [2.05, 4.69) is 35.9 Å². The first-order chi connectivity index (χ1) is 9.27. The van der Waals surface area contributed by atoms with Crippen LogP contribution >= 0.6 is 23.4 Å². The van der Waals surface area contributed by atoms with Crippen LogP contribution in [0.3, 0.4) is 0 Å². The molecular formula is C15H21ClN2S. The van der Waals surface area contributed by atoms with Crippen LogP contribution in [0.5, 0.6) is 0 Å². The average Bonchev–Trinajstić information content (AvgIpc) is 2.75. The molecule has 0 unspecified atom stereocenters. The molecule has 1 aromatic carbocycles. The van der Waals surface area contributed by atoms with Gasteiger partial charge in [-0.15, -0.1) is 11.6 Å². The molecule has 104 valence electrons. The van der Waals surface area contributed by atoms with Crippen molar-refractivity contribution >= 4 is 34.4 Å². The molecule has 2 nitrogen and oxygen atoms in total. The Balaban J connectivity index is 2.27. The van der Waals surface area contributed by atoms with Crippen LogP contribution in [0, 0.1) is 6.92 Å². The van der Waals surface area contributed by atoms with E-state index in [1.165, 1.54) is 29.7 Å². The lowest BCUT2D eigenvalue weighted by Crippen LogP contribution is -2.05. The number of para-hydroxylation sites is 1. The van der Waals surface area contributed by atoms with Gasteiger partial charge < -0.3 is 4.57 Å². The lowest BCUT2D eigenvalue weighted by molar-refractivity contribution is 0.623.